The molecule has 3 fully saturated rings. The number of hydrogen-bond donors (Lipinski definition) is 1. The number of piperidine rings is 2. The summed E-state index contributed by atoms with van der Waals surface area (Å²) in [5.41, 5.74) is 0.791. The molecular formula is C21H28FN3O4. The van der Waals surface area contributed by atoms with Crippen LogP contribution in [0, 0.1) is 18.7 Å². The number of halogens is 1. The number of rotatable bonds is 3. The van der Waals surface area contributed by atoms with E-state index >= 15 is 0 Å². The molecule has 0 radical (unpaired) electrons. The van der Waals surface area contributed by atoms with E-state index in [1.165, 1.54) is 12.1 Å². The summed E-state index contributed by atoms with van der Waals surface area (Å²) in [5.74, 6) is 0.715. The maximum Gasteiger partial charge on any atom is 0.320 e. The monoisotopic (exact) mass is 405 g/mol. The highest BCUT2D eigenvalue weighted by Gasteiger charge is 2.38. The van der Waals surface area contributed by atoms with Gasteiger partial charge in [0.05, 0.1) is 18.8 Å². The SMILES string of the molecule is Cc1cc(F)ccc1OCC1CCN(C(=O)N2CC[C@@H]3OCC(=O)NC3C2)CC1. The number of benzene rings is 1. The fraction of sp³-hybridized carbons (Fsp3) is 0.619. The number of carbonyl (C=O) groups is 2. The minimum Gasteiger partial charge on any atom is -0.493 e. The lowest BCUT2D eigenvalue weighted by atomic mass is 9.97. The van der Waals surface area contributed by atoms with E-state index < -0.39 is 0 Å². The van der Waals surface area contributed by atoms with Crippen molar-refractivity contribution in [3.8, 4) is 5.75 Å². The quantitative estimate of drug-likeness (QED) is 0.834. The number of fused-ring (bicyclic) bond motifs is 1. The molecule has 1 aromatic carbocycles. The second-order valence-corrected chi connectivity index (χ2v) is 8.19. The van der Waals surface area contributed by atoms with Crippen molar-refractivity contribution in [2.24, 2.45) is 5.92 Å². The van der Waals surface area contributed by atoms with Crippen LogP contribution in [0.3, 0.4) is 0 Å². The molecule has 1 unspecified atom stereocenters. The summed E-state index contributed by atoms with van der Waals surface area (Å²) in [6.07, 6.45) is 2.52. The third-order valence-electron chi connectivity index (χ3n) is 6.09. The zero-order chi connectivity index (χ0) is 20.4. The van der Waals surface area contributed by atoms with E-state index in [1.807, 2.05) is 16.7 Å². The third-order valence-corrected chi connectivity index (χ3v) is 6.09. The number of carbonyl (C=O) groups excluding carboxylic acids is 2. The number of ether oxygens (including phenoxy) is 2. The summed E-state index contributed by atoms with van der Waals surface area (Å²) in [6.45, 7) is 5.08. The van der Waals surface area contributed by atoms with Crippen molar-refractivity contribution in [1.82, 2.24) is 15.1 Å². The Labute approximate surface area is 170 Å². The molecule has 2 atom stereocenters. The normalized spacial score (nSPS) is 25.4. The third kappa shape index (κ3) is 4.63. The average molecular weight is 405 g/mol. The lowest BCUT2D eigenvalue weighted by Gasteiger charge is -2.43. The van der Waals surface area contributed by atoms with Gasteiger partial charge in [-0.15, -0.1) is 0 Å². The second-order valence-electron chi connectivity index (χ2n) is 8.19. The van der Waals surface area contributed by atoms with Crippen LogP contribution < -0.4 is 10.1 Å². The molecule has 1 aromatic rings. The smallest absolute Gasteiger partial charge is 0.320 e. The first-order chi connectivity index (χ1) is 14.0. The van der Waals surface area contributed by atoms with Gasteiger partial charge in [-0.25, -0.2) is 9.18 Å². The first kappa shape index (κ1) is 19.9. The topological polar surface area (TPSA) is 71.1 Å². The Bertz CT molecular complexity index is 766. The minimum atomic E-state index is -0.259. The van der Waals surface area contributed by atoms with Gasteiger partial charge in [-0.3, -0.25) is 4.79 Å². The highest BCUT2D eigenvalue weighted by atomic mass is 19.1. The van der Waals surface area contributed by atoms with Gasteiger partial charge in [0, 0.05) is 26.2 Å². The zero-order valence-corrected chi connectivity index (χ0v) is 16.7. The molecule has 3 heterocycles. The molecule has 3 aliphatic rings. The molecule has 7 nitrogen and oxygen atoms in total. The van der Waals surface area contributed by atoms with Crippen LogP contribution in [0.1, 0.15) is 24.8 Å². The maximum absolute atomic E-state index is 13.2. The van der Waals surface area contributed by atoms with Gasteiger partial charge in [-0.1, -0.05) is 0 Å². The van der Waals surface area contributed by atoms with Crippen LogP contribution in [0.15, 0.2) is 18.2 Å². The highest BCUT2D eigenvalue weighted by molar-refractivity contribution is 5.79. The summed E-state index contributed by atoms with van der Waals surface area (Å²) in [5, 5.41) is 2.94. The summed E-state index contributed by atoms with van der Waals surface area (Å²) in [7, 11) is 0. The first-order valence-corrected chi connectivity index (χ1v) is 10.3. The van der Waals surface area contributed by atoms with Gasteiger partial charge < -0.3 is 24.6 Å². The van der Waals surface area contributed by atoms with E-state index in [-0.39, 0.29) is 36.5 Å². The number of urea groups is 1. The van der Waals surface area contributed by atoms with E-state index in [0.717, 1.165) is 24.8 Å². The van der Waals surface area contributed by atoms with Crippen LogP contribution in [0.25, 0.3) is 0 Å². The van der Waals surface area contributed by atoms with Crippen LogP contribution in [0.5, 0.6) is 5.75 Å². The molecule has 4 rings (SSSR count). The van der Waals surface area contributed by atoms with Gasteiger partial charge >= 0.3 is 6.03 Å². The Morgan fingerprint density at radius 2 is 2.00 bits per heavy atom. The molecule has 8 heteroatoms. The van der Waals surface area contributed by atoms with Crippen LogP contribution in [-0.2, 0) is 9.53 Å². The molecule has 29 heavy (non-hydrogen) atoms. The van der Waals surface area contributed by atoms with Crippen LogP contribution >= 0.6 is 0 Å². The van der Waals surface area contributed by atoms with Crippen molar-refractivity contribution in [3.05, 3.63) is 29.6 Å². The van der Waals surface area contributed by atoms with Crippen molar-refractivity contribution in [2.75, 3.05) is 39.4 Å². The Balaban J connectivity index is 1.24. The lowest BCUT2D eigenvalue weighted by Crippen LogP contribution is -2.62. The summed E-state index contributed by atoms with van der Waals surface area (Å²) >= 11 is 0. The molecule has 3 aliphatic heterocycles. The van der Waals surface area contributed by atoms with Gasteiger partial charge in [-0.2, -0.15) is 0 Å². The number of morpholine rings is 1. The van der Waals surface area contributed by atoms with Gasteiger partial charge in [-0.05, 0) is 55.9 Å². The largest absolute Gasteiger partial charge is 0.493 e. The Morgan fingerprint density at radius 1 is 1.24 bits per heavy atom. The molecule has 3 saturated heterocycles. The molecule has 0 spiro atoms. The molecule has 0 aromatic heterocycles. The number of likely N-dealkylation sites (tertiary alicyclic amines) is 2. The Kier molecular flexibility index (Phi) is 5.89. The van der Waals surface area contributed by atoms with Gasteiger partial charge in [0.1, 0.15) is 18.2 Å². The molecule has 0 saturated carbocycles. The molecule has 0 bridgehead atoms. The van der Waals surface area contributed by atoms with Crippen LogP contribution in [-0.4, -0.2) is 73.3 Å². The number of hydrogen-bond acceptors (Lipinski definition) is 4. The standard InChI is InChI=1S/C21H28FN3O4/c1-14-10-16(22)2-3-18(14)28-12-15-4-7-24(8-5-15)21(27)25-9-6-19-17(11-25)23-20(26)13-29-19/h2-3,10,15,17,19H,4-9,11-13H2,1H3,(H,23,26)/t17?,19-/m0/s1. The summed E-state index contributed by atoms with van der Waals surface area (Å²) < 4.78 is 24.6. The van der Waals surface area contributed by atoms with Crippen molar-refractivity contribution in [2.45, 2.75) is 38.3 Å². The number of nitrogens with zero attached hydrogens (tertiary/aromatic N) is 2. The van der Waals surface area contributed by atoms with Gasteiger partial charge in [0.15, 0.2) is 0 Å². The van der Waals surface area contributed by atoms with Gasteiger partial charge in [0.2, 0.25) is 5.91 Å². The molecule has 0 aliphatic carbocycles. The second kappa shape index (κ2) is 8.57. The van der Waals surface area contributed by atoms with Crippen molar-refractivity contribution in [1.29, 1.82) is 0 Å². The zero-order valence-electron chi connectivity index (χ0n) is 16.7. The average Bonchev–Trinajstić information content (AvgIpc) is 2.72. The van der Waals surface area contributed by atoms with Gasteiger partial charge in [0.25, 0.3) is 0 Å². The first-order valence-electron chi connectivity index (χ1n) is 10.3. The Morgan fingerprint density at radius 3 is 2.76 bits per heavy atom. The molecule has 158 valence electrons. The van der Waals surface area contributed by atoms with Crippen molar-refractivity contribution < 1.29 is 23.5 Å². The number of nitrogens with one attached hydrogen (secondary N) is 1. The van der Waals surface area contributed by atoms with Crippen LogP contribution in [0.4, 0.5) is 9.18 Å². The number of amides is 3. The van der Waals surface area contributed by atoms with Crippen molar-refractivity contribution >= 4 is 11.9 Å². The fourth-order valence-electron chi connectivity index (χ4n) is 4.35. The fourth-order valence-corrected chi connectivity index (χ4v) is 4.35. The predicted molar refractivity (Wildman–Crippen MR) is 104 cm³/mol. The lowest BCUT2D eigenvalue weighted by molar-refractivity contribution is -0.139. The van der Waals surface area contributed by atoms with E-state index in [9.17, 15) is 14.0 Å². The predicted octanol–water partition coefficient (Wildman–Crippen LogP) is 1.93. The van der Waals surface area contributed by atoms with E-state index in [2.05, 4.69) is 5.32 Å². The van der Waals surface area contributed by atoms with E-state index in [1.54, 1.807) is 6.07 Å². The highest BCUT2D eigenvalue weighted by Crippen LogP contribution is 2.24. The molecular weight excluding hydrogens is 377 g/mol. The van der Waals surface area contributed by atoms with E-state index in [4.69, 9.17) is 9.47 Å². The molecule has 1 N–H and O–H groups in total. The summed E-state index contributed by atoms with van der Waals surface area (Å²) in [4.78, 5) is 28.2. The number of aryl methyl sites for hydroxylation is 1. The van der Waals surface area contributed by atoms with E-state index in [0.29, 0.717) is 44.5 Å². The van der Waals surface area contributed by atoms with Crippen molar-refractivity contribution in [3.63, 3.8) is 0 Å². The minimum absolute atomic E-state index is 0.00885. The Hall–Kier alpha value is -2.35. The maximum atomic E-state index is 13.2. The molecule has 3 amide bonds. The van der Waals surface area contributed by atoms with Crippen LogP contribution in [0.2, 0.25) is 0 Å². The summed E-state index contributed by atoms with van der Waals surface area (Å²) in [6, 6.07) is 4.48.